The Bertz CT molecular complexity index is 439. The number of para-hydroxylation sites is 1. The molecule has 1 aromatic rings. The Kier molecular flexibility index (Phi) is 1.40. The molecule has 2 heterocycles. The van der Waals surface area contributed by atoms with Crippen LogP contribution in [-0.2, 0) is 6.54 Å². The molecule has 0 radical (unpaired) electrons. The van der Waals surface area contributed by atoms with Crippen molar-refractivity contribution in [3.63, 3.8) is 0 Å². The molecule has 4 heteroatoms. The third kappa shape index (κ3) is 0.885. The molecule has 0 atom stereocenters. The largest absolute Gasteiger partial charge is 0.327 e. The van der Waals surface area contributed by atoms with E-state index in [4.69, 9.17) is 0 Å². The summed E-state index contributed by atoms with van der Waals surface area (Å²) in [5, 5.41) is 4.57. The number of benzene rings is 1. The minimum Gasteiger partial charge on any atom is -0.327 e. The normalized spacial score (nSPS) is 17.7. The van der Waals surface area contributed by atoms with Gasteiger partial charge in [0.1, 0.15) is 0 Å². The van der Waals surface area contributed by atoms with Crippen molar-refractivity contribution in [2.75, 3.05) is 5.01 Å². The maximum absolute atomic E-state index is 11.6. The Morgan fingerprint density at radius 1 is 1.36 bits per heavy atom. The smallest absolute Gasteiger partial charge is 0.257 e. The van der Waals surface area contributed by atoms with Crippen molar-refractivity contribution in [1.29, 1.82) is 0 Å². The lowest BCUT2D eigenvalue weighted by atomic mass is 10.1. The van der Waals surface area contributed by atoms with Crippen molar-refractivity contribution in [1.82, 2.24) is 10.7 Å². The van der Waals surface area contributed by atoms with Gasteiger partial charge in [-0.2, -0.15) is 0 Å². The standard InChI is InChI=1S/C10H9N3O/c14-10-8-3-1-2-7-6-12-13(9(7)8)5-4-11-10/h1-5,12H,6H2,(H,11,14). The van der Waals surface area contributed by atoms with Gasteiger partial charge in [-0.05, 0) is 11.6 Å². The van der Waals surface area contributed by atoms with Crippen molar-refractivity contribution in [2.24, 2.45) is 0 Å². The molecule has 0 spiro atoms. The van der Waals surface area contributed by atoms with Gasteiger partial charge >= 0.3 is 0 Å². The fourth-order valence-corrected chi connectivity index (χ4v) is 1.84. The van der Waals surface area contributed by atoms with Crippen LogP contribution in [0, 0.1) is 0 Å². The second kappa shape index (κ2) is 2.59. The lowest BCUT2D eigenvalue weighted by Gasteiger charge is -2.13. The van der Waals surface area contributed by atoms with Crippen molar-refractivity contribution in [3.05, 3.63) is 41.7 Å². The monoisotopic (exact) mass is 187 g/mol. The number of hydrogen-bond donors (Lipinski definition) is 2. The summed E-state index contributed by atoms with van der Waals surface area (Å²) in [6.07, 6.45) is 3.46. The Hall–Kier alpha value is -1.81. The van der Waals surface area contributed by atoms with Crippen LogP contribution in [0.5, 0.6) is 0 Å². The number of anilines is 1. The number of carbonyl (C=O) groups is 1. The molecule has 0 aromatic heterocycles. The van der Waals surface area contributed by atoms with Crippen molar-refractivity contribution < 1.29 is 4.79 Å². The third-order valence-electron chi connectivity index (χ3n) is 2.48. The summed E-state index contributed by atoms with van der Waals surface area (Å²) in [5.41, 5.74) is 6.03. The van der Waals surface area contributed by atoms with Crippen LogP contribution in [0.1, 0.15) is 15.9 Å². The van der Waals surface area contributed by atoms with E-state index >= 15 is 0 Å². The molecule has 1 aromatic carbocycles. The van der Waals surface area contributed by atoms with E-state index in [1.807, 2.05) is 29.4 Å². The second-order valence-corrected chi connectivity index (χ2v) is 3.31. The molecule has 0 saturated carbocycles. The van der Waals surface area contributed by atoms with Gasteiger partial charge in [-0.3, -0.25) is 9.80 Å². The minimum absolute atomic E-state index is 0.0516. The number of amides is 1. The van der Waals surface area contributed by atoms with Crippen LogP contribution in [0.15, 0.2) is 30.6 Å². The Balaban J connectivity index is 2.28. The number of nitrogens with zero attached hydrogens (tertiary/aromatic N) is 1. The van der Waals surface area contributed by atoms with E-state index in [0.717, 1.165) is 23.4 Å². The molecule has 4 nitrogen and oxygen atoms in total. The molecule has 0 fully saturated rings. The van der Waals surface area contributed by atoms with Gasteiger partial charge in [-0.25, -0.2) is 5.43 Å². The van der Waals surface area contributed by atoms with Crippen LogP contribution in [-0.4, -0.2) is 5.91 Å². The van der Waals surface area contributed by atoms with E-state index < -0.39 is 0 Å². The van der Waals surface area contributed by atoms with Gasteiger partial charge in [0.05, 0.1) is 11.3 Å². The lowest BCUT2D eigenvalue weighted by molar-refractivity contribution is 0.0971. The van der Waals surface area contributed by atoms with Gasteiger partial charge in [-0.1, -0.05) is 12.1 Å². The molecule has 2 N–H and O–H groups in total. The van der Waals surface area contributed by atoms with Crippen LogP contribution in [0.25, 0.3) is 0 Å². The van der Waals surface area contributed by atoms with E-state index in [1.165, 1.54) is 0 Å². The number of rotatable bonds is 0. The van der Waals surface area contributed by atoms with Gasteiger partial charge < -0.3 is 5.32 Å². The first kappa shape index (κ1) is 7.58. The van der Waals surface area contributed by atoms with Crippen LogP contribution in [0.2, 0.25) is 0 Å². The first-order valence-electron chi connectivity index (χ1n) is 4.48. The second-order valence-electron chi connectivity index (χ2n) is 3.31. The highest BCUT2D eigenvalue weighted by atomic mass is 16.1. The van der Waals surface area contributed by atoms with Gasteiger partial charge in [-0.15, -0.1) is 0 Å². The molecule has 2 aliphatic heterocycles. The molecule has 0 saturated heterocycles. The summed E-state index contributed by atoms with van der Waals surface area (Å²) in [5.74, 6) is -0.0516. The summed E-state index contributed by atoms with van der Waals surface area (Å²) in [4.78, 5) is 11.6. The Morgan fingerprint density at radius 2 is 2.29 bits per heavy atom. The summed E-state index contributed by atoms with van der Waals surface area (Å²) < 4.78 is 0. The van der Waals surface area contributed by atoms with E-state index in [1.54, 1.807) is 6.20 Å². The molecule has 14 heavy (non-hydrogen) atoms. The molecule has 0 bridgehead atoms. The van der Waals surface area contributed by atoms with Crippen LogP contribution < -0.4 is 15.8 Å². The zero-order chi connectivity index (χ0) is 9.54. The first-order chi connectivity index (χ1) is 6.86. The lowest BCUT2D eigenvalue weighted by Crippen LogP contribution is -2.26. The summed E-state index contributed by atoms with van der Waals surface area (Å²) >= 11 is 0. The minimum atomic E-state index is -0.0516. The summed E-state index contributed by atoms with van der Waals surface area (Å²) in [6.45, 7) is 0.779. The van der Waals surface area contributed by atoms with E-state index in [2.05, 4.69) is 10.7 Å². The Labute approximate surface area is 81.2 Å². The van der Waals surface area contributed by atoms with Gasteiger partial charge in [0, 0.05) is 18.9 Å². The van der Waals surface area contributed by atoms with Crippen molar-refractivity contribution in [3.8, 4) is 0 Å². The highest BCUT2D eigenvalue weighted by Crippen LogP contribution is 2.30. The van der Waals surface area contributed by atoms with Crippen molar-refractivity contribution in [2.45, 2.75) is 6.54 Å². The fourth-order valence-electron chi connectivity index (χ4n) is 1.84. The predicted molar refractivity (Wildman–Crippen MR) is 52.4 cm³/mol. The quantitative estimate of drug-likeness (QED) is 0.629. The SMILES string of the molecule is O=C1NC=CN2NCc3cccc1c32. The number of carbonyl (C=O) groups excluding carboxylic acids is 1. The average molecular weight is 187 g/mol. The summed E-state index contributed by atoms with van der Waals surface area (Å²) in [7, 11) is 0. The molecule has 0 aliphatic carbocycles. The van der Waals surface area contributed by atoms with Crippen LogP contribution >= 0.6 is 0 Å². The van der Waals surface area contributed by atoms with Crippen LogP contribution in [0.4, 0.5) is 5.69 Å². The number of hydrogen-bond acceptors (Lipinski definition) is 3. The maximum atomic E-state index is 11.6. The average Bonchev–Trinajstić information content (AvgIpc) is 2.53. The molecular formula is C10H9N3O. The third-order valence-corrected chi connectivity index (χ3v) is 2.48. The Morgan fingerprint density at radius 3 is 3.21 bits per heavy atom. The molecule has 3 rings (SSSR count). The highest BCUT2D eigenvalue weighted by molar-refractivity contribution is 6.02. The number of hydrazine groups is 1. The zero-order valence-corrected chi connectivity index (χ0v) is 7.45. The topological polar surface area (TPSA) is 44.4 Å². The number of nitrogens with one attached hydrogen (secondary N) is 2. The van der Waals surface area contributed by atoms with Gasteiger partial charge in [0.15, 0.2) is 0 Å². The molecule has 1 amide bonds. The fraction of sp³-hybridized carbons (Fsp3) is 0.100. The van der Waals surface area contributed by atoms with Gasteiger partial charge in [0.25, 0.3) is 5.91 Å². The molecule has 0 unspecified atom stereocenters. The van der Waals surface area contributed by atoms with E-state index in [-0.39, 0.29) is 5.91 Å². The first-order valence-corrected chi connectivity index (χ1v) is 4.48. The molecular weight excluding hydrogens is 178 g/mol. The zero-order valence-electron chi connectivity index (χ0n) is 7.45. The van der Waals surface area contributed by atoms with Crippen LogP contribution in [0.3, 0.4) is 0 Å². The van der Waals surface area contributed by atoms with Gasteiger partial charge in [0.2, 0.25) is 0 Å². The predicted octanol–water partition coefficient (Wildman–Crippen LogP) is 0.726. The highest BCUT2D eigenvalue weighted by Gasteiger charge is 2.24. The summed E-state index contributed by atoms with van der Waals surface area (Å²) in [6, 6.07) is 5.77. The maximum Gasteiger partial charge on any atom is 0.257 e. The van der Waals surface area contributed by atoms with Crippen molar-refractivity contribution >= 4 is 11.6 Å². The molecule has 2 aliphatic rings. The van der Waals surface area contributed by atoms with E-state index in [0.29, 0.717) is 0 Å². The molecule has 70 valence electrons. The van der Waals surface area contributed by atoms with E-state index in [9.17, 15) is 4.79 Å².